The minimum Gasteiger partial charge on any atom is -0.497 e. The summed E-state index contributed by atoms with van der Waals surface area (Å²) in [5.74, 6) is 0.685. The molecule has 1 aliphatic heterocycles. The van der Waals surface area contributed by atoms with E-state index in [2.05, 4.69) is 0 Å². The SMILES string of the molecule is COc1ccc(S(=O)(=O)N2CCCCC2)c(C)c1. The van der Waals surface area contributed by atoms with Crippen molar-refractivity contribution in [3.8, 4) is 5.75 Å². The third kappa shape index (κ3) is 2.52. The van der Waals surface area contributed by atoms with Crippen LogP contribution in [-0.4, -0.2) is 32.9 Å². The first-order chi connectivity index (χ1) is 8.55. The van der Waals surface area contributed by atoms with E-state index in [4.69, 9.17) is 4.74 Å². The number of nitrogens with zero attached hydrogens (tertiary/aromatic N) is 1. The molecule has 18 heavy (non-hydrogen) atoms. The maximum atomic E-state index is 12.5. The smallest absolute Gasteiger partial charge is 0.243 e. The Morgan fingerprint density at radius 2 is 1.83 bits per heavy atom. The average molecular weight is 269 g/mol. The third-order valence-electron chi connectivity index (χ3n) is 3.31. The number of piperidine rings is 1. The number of aryl methyl sites for hydroxylation is 1. The predicted molar refractivity (Wildman–Crippen MR) is 70.3 cm³/mol. The van der Waals surface area contributed by atoms with Crippen LogP contribution >= 0.6 is 0 Å². The Hall–Kier alpha value is -1.07. The average Bonchev–Trinajstić information content (AvgIpc) is 2.39. The summed E-state index contributed by atoms with van der Waals surface area (Å²) in [5, 5.41) is 0. The number of sulfonamides is 1. The first-order valence-corrected chi connectivity index (χ1v) is 7.64. The van der Waals surface area contributed by atoms with Gasteiger partial charge in [0, 0.05) is 13.1 Å². The Morgan fingerprint density at radius 1 is 1.17 bits per heavy atom. The van der Waals surface area contributed by atoms with Crippen LogP contribution in [0, 0.1) is 6.92 Å². The number of hydrogen-bond donors (Lipinski definition) is 0. The van der Waals surface area contributed by atoms with Crippen molar-refractivity contribution in [3.05, 3.63) is 23.8 Å². The van der Waals surface area contributed by atoms with Gasteiger partial charge < -0.3 is 4.74 Å². The van der Waals surface area contributed by atoms with Gasteiger partial charge >= 0.3 is 0 Å². The van der Waals surface area contributed by atoms with E-state index in [1.54, 1.807) is 36.5 Å². The summed E-state index contributed by atoms with van der Waals surface area (Å²) in [6, 6.07) is 5.10. The Balaban J connectivity index is 2.34. The molecular formula is C13H19NO3S. The van der Waals surface area contributed by atoms with Gasteiger partial charge in [0.1, 0.15) is 5.75 Å². The van der Waals surface area contributed by atoms with Gasteiger partial charge in [0.2, 0.25) is 10.0 Å². The number of benzene rings is 1. The molecule has 0 unspecified atom stereocenters. The van der Waals surface area contributed by atoms with Gasteiger partial charge in [-0.1, -0.05) is 6.42 Å². The molecule has 0 atom stereocenters. The lowest BCUT2D eigenvalue weighted by Crippen LogP contribution is -2.35. The maximum absolute atomic E-state index is 12.5. The van der Waals surface area contributed by atoms with E-state index >= 15 is 0 Å². The van der Waals surface area contributed by atoms with Crippen LogP contribution < -0.4 is 4.74 Å². The van der Waals surface area contributed by atoms with Crippen molar-refractivity contribution >= 4 is 10.0 Å². The highest BCUT2D eigenvalue weighted by molar-refractivity contribution is 7.89. The molecule has 0 saturated carbocycles. The van der Waals surface area contributed by atoms with Crippen LogP contribution in [-0.2, 0) is 10.0 Å². The van der Waals surface area contributed by atoms with E-state index in [-0.39, 0.29) is 0 Å². The number of hydrogen-bond acceptors (Lipinski definition) is 3. The van der Waals surface area contributed by atoms with E-state index in [9.17, 15) is 8.42 Å². The second kappa shape index (κ2) is 5.28. The highest BCUT2D eigenvalue weighted by atomic mass is 32.2. The molecule has 1 saturated heterocycles. The second-order valence-corrected chi connectivity index (χ2v) is 6.50. The van der Waals surface area contributed by atoms with Crippen molar-refractivity contribution in [1.29, 1.82) is 0 Å². The van der Waals surface area contributed by atoms with Gasteiger partial charge in [0.25, 0.3) is 0 Å². The van der Waals surface area contributed by atoms with Crippen molar-refractivity contribution < 1.29 is 13.2 Å². The van der Waals surface area contributed by atoms with Crippen LogP contribution in [0.1, 0.15) is 24.8 Å². The van der Waals surface area contributed by atoms with Crippen LogP contribution in [0.5, 0.6) is 5.75 Å². The van der Waals surface area contributed by atoms with Crippen LogP contribution in [0.2, 0.25) is 0 Å². The highest BCUT2D eigenvalue weighted by Gasteiger charge is 2.27. The van der Waals surface area contributed by atoms with Gasteiger partial charge in [0.15, 0.2) is 0 Å². The second-order valence-electron chi connectivity index (χ2n) is 4.60. The molecule has 2 rings (SSSR count). The van der Waals surface area contributed by atoms with E-state index in [0.717, 1.165) is 24.8 Å². The first kappa shape index (κ1) is 13.4. The largest absolute Gasteiger partial charge is 0.497 e. The standard InChI is InChI=1S/C13H19NO3S/c1-11-10-12(17-2)6-7-13(11)18(15,16)14-8-4-3-5-9-14/h6-7,10H,3-5,8-9H2,1-2H3. The lowest BCUT2D eigenvalue weighted by molar-refractivity contribution is 0.346. The summed E-state index contributed by atoms with van der Waals surface area (Å²) in [4.78, 5) is 0.394. The van der Waals surface area contributed by atoms with Crippen LogP contribution in [0.3, 0.4) is 0 Å². The number of ether oxygens (including phenoxy) is 1. The van der Waals surface area contributed by atoms with Crippen molar-refractivity contribution in [3.63, 3.8) is 0 Å². The predicted octanol–water partition coefficient (Wildman–Crippen LogP) is 2.18. The number of rotatable bonds is 3. The molecule has 1 aromatic rings. The molecule has 0 bridgehead atoms. The Kier molecular flexibility index (Phi) is 3.92. The van der Waals surface area contributed by atoms with Crippen LogP contribution in [0.15, 0.2) is 23.1 Å². The summed E-state index contributed by atoms with van der Waals surface area (Å²) in [5.41, 5.74) is 0.736. The Bertz CT molecular complexity index is 519. The molecule has 5 heteroatoms. The summed E-state index contributed by atoms with van der Waals surface area (Å²) in [6.07, 6.45) is 3.02. The van der Waals surface area contributed by atoms with Crippen molar-refractivity contribution in [2.45, 2.75) is 31.1 Å². The number of methoxy groups -OCH3 is 1. The molecule has 1 aliphatic rings. The topological polar surface area (TPSA) is 46.6 Å². The summed E-state index contributed by atoms with van der Waals surface area (Å²) in [6.45, 7) is 3.07. The molecule has 1 aromatic carbocycles. The van der Waals surface area contributed by atoms with Gasteiger partial charge in [-0.05, 0) is 43.5 Å². The lowest BCUT2D eigenvalue weighted by atomic mass is 10.2. The first-order valence-electron chi connectivity index (χ1n) is 6.20. The lowest BCUT2D eigenvalue weighted by Gasteiger charge is -2.26. The van der Waals surface area contributed by atoms with E-state index in [0.29, 0.717) is 23.7 Å². The summed E-state index contributed by atoms with van der Waals surface area (Å²) in [7, 11) is -1.76. The van der Waals surface area contributed by atoms with Gasteiger partial charge in [-0.15, -0.1) is 0 Å². The normalized spacial score (nSPS) is 17.7. The van der Waals surface area contributed by atoms with Gasteiger partial charge in [-0.3, -0.25) is 0 Å². The fraction of sp³-hybridized carbons (Fsp3) is 0.538. The van der Waals surface area contributed by atoms with Crippen molar-refractivity contribution in [2.24, 2.45) is 0 Å². The molecule has 1 fully saturated rings. The monoisotopic (exact) mass is 269 g/mol. The molecule has 100 valence electrons. The molecule has 1 heterocycles. The zero-order chi connectivity index (χ0) is 13.2. The minimum absolute atomic E-state index is 0.394. The third-order valence-corrected chi connectivity index (χ3v) is 5.37. The van der Waals surface area contributed by atoms with Crippen molar-refractivity contribution in [1.82, 2.24) is 4.31 Å². The molecule has 0 aliphatic carbocycles. The Labute approximate surface area is 109 Å². The minimum atomic E-state index is -3.34. The van der Waals surface area contributed by atoms with Gasteiger partial charge in [-0.2, -0.15) is 4.31 Å². The molecule has 0 spiro atoms. The molecular weight excluding hydrogens is 250 g/mol. The fourth-order valence-corrected chi connectivity index (χ4v) is 4.01. The Morgan fingerprint density at radius 3 is 2.39 bits per heavy atom. The van der Waals surface area contributed by atoms with Gasteiger partial charge in [0.05, 0.1) is 12.0 Å². The molecule has 4 nitrogen and oxygen atoms in total. The highest BCUT2D eigenvalue weighted by Crippen LogP contribution is 2.25. The summed E-state index contributed by atoms with van der Waals surface area (Å²) < 4.78 is 31.7. The molecule has 0 N–H and O–H groups in total. The van der Waals surface area contributed by atoms with E-state index in [1.807, 2.05) is 0 Å². The molecule has 0 amide bonds. The molecule has 0 radical (unpaired) electrons. The fourth-order valence-electron chi connectivity index (χ4n) is 2.28. The maximum Gasteiger partial charge on any atom is 0.243 e. The van der Waals surface area contributed by atoms with Crippen LogP contribution in [0.25, 0.3) is 0 Å². The van der Waals surface area contributed by atoms with E-state index < -0.39 is 10.0 Å². The van der Waals surface area contributed by atoms with Crippen molar-refractivity contribution in [2.75, 3.05) is 20.2 Å². The van der Waals surface area contributed by atoms with E-state index in [1.165, 1.54) is 0 Å². The molecule has 0 aromatic heterocycles. The van der Waals surface area contributed by atoms with Crippen LogP contribution in [0.4, 0.5) is 0 Å². The zero-order valence-electron chi connectivity index (χ0n) is 10.8. The van der Waals surface area contributed by atoms with Gasteiger partial charge in [-0.25, -0.2) is 8.42 Å². The quantitative estimate of drug-likeness (QED) is 0.845. The summed E-state index contributed by atoms with van der Waals surface area (Å²) >= 11 is 0. The zero-order valence-corrected chi connectivity index (χ0v) is 11.7.